The van der Waals surface area contributed by atoms with Crippen LogP contribution < -0.4 is 16.0 Å². The van der Waals surface area contributed by atoms with Crippen molar-refractivity contribution < 1.29 is 14.4 Å². The Morgan fingerprint density at radius 1 is 1.26 bits per heavy atom. The summed E-state index contributed by atoms with van der Waals surface area (Å²) >= 11 is 0. The zero-order valence-electron chi connectivity index (χ0n) is 16.1. The van der Waals surface area contributed by atoms with E-state index in [2.05, 4.69) is 28.9 Å². The molecule has 27 heavy (non-hydrogen) atoms. The van der Waals surface area contributed by atoms with Crippen molar-refractivity contribution in [1.82, 2.24) is 10.6 Å². The number of hydrogen-bond donors (Lipinski definition) is 3. The molecule has 0 saturated heterocycles. The number of hydrogen-bond acceptors (Lipinski definition) is 3. The van der Waals surface area contributed by atoms with Gasteiger partial charge in [0.2, 0.25) is 17.7 Å². The summed E-state index contributed by atoms with van der Waals surface area (Å²) < 4.78 is 0. The summed E-state index contributed by atoms with van der Waals surface area (Å²) in [6.07, 6.45) is 5.62. The second kappa shape index (κ2) is 8.55. The van der Waals surface area contributed by atoms with E-state index in [1.165, 1.54) is 12.5 Å². The summed E-state index contributed by atoms with van der Waals surface area (Å²) in [5.74, 6) is -0.369. The van der Waals surface area contributed by atoms with Crippen LogP contribution in [0.25, 0.3) is 0 Å². The number of fused-ring (bicyclic) bond motifs is 1. The Balaban J connectivity index is 1.59. The fourth-order valence-corrected chi connectivity index (χ4v) is 4.24. The Kier molecular flexibility index (Phi) is 6.14. The zero-order valence-corrected chi connectivity index (χ0v) is 16.1. The predicted molar refractivity (Wildman–Crippen MR) is 104 cm³/mol. The van der Waals surface area contributed by atoms with Gasteiger partial charge in [0.15, 0.2) is 0 Å². The Hall–Kier alpha value is -2.37. The van der Waals surface area contributed by atoms with Crippen molar-refractivity contribution in [3.63, 3.8) is 0 Å². The van der Waals surface area contributed by atoms with Gasteiger partial charge in [-0.25, -0.2) is 0 Å². The van der Waals surface area contributed by atoms with Gasteiger partial charge in [-0.05, 0) is 48.8 Å². The first-order valence-corrected chi connectivity index (χ1v) is 9.98. The van der Waals surface area contributed by atoms with E-state index in [1.807, 2.05) is 12.1 Å². The van der Waals surface area contributed by atoms with E-state index >= 15 is 0 Å². The van der Waals surface area contributed by atoms with Gasteiger partial charge < -0.3 is 16.0 Å². The molecule has 6 heteroatoms. The summed E-state index contributed by atoms with van der Waals surface area (Å²) in [4.78, 5) is 36.4. The summed E-state index contributed by atoms with van der Waals surface area (Å²) in [5, 5.41) is 8.67. The van der Waals surface area contributed by atoms with Crippen molar-refractivity contribution in [3.8, 4) is 0 Å². The van der Waals surface area contributed by atoms with Crippen LogP contribution in [-0.2, 0) is 20.8 Å². The van der Waals surface area contributed by atoms with E-state index in [1.54, 1.807) is 0 Å². The molecular weight excluding hydrogens is 342 g/mol. The minimum absolute atomic E-state index is 0.0123. The lowest BCUT2D eigenvalue weighted by Gasteiger charge is -2.23. The molecule has 1 aromatic carbocycles. The van der Waals surface area contributed by atoms with Crippen LogP contribution in [0.1, 0.15) is 63.0 Å². The first-order valence-electron chi connectivity index (χ1n) is 9.98. The minimum atomic E-state index is -0.471. The highest BCUT2D eigenvalue weighted by molar-refractivity contribution is 6.03. The number of aryl methyl sites for hydroxylation is 1. The maximum atomic E-state index is 12.6. The van der Waals surface area contributed by atoms with Gasteiger partial charge >= 0.3 is 0 Å². The van der Waals surface area contributed by atoms with Crippen molar-refractivity contribution in [2.24, 2.45) is 5.92 Å². The van der Waals surface area contributed by atoms with Gasteiger partial charge in [0.1, 0.15) is 6.04 Å². The van der Waals surface area contributed by atoms with Crippen LogP contribution in [0.15, 0.2) is 18.2 Å². The van der Waals surface area contributed by atoms with Crippen LogP contribution in [0.4, 0.5) is 5.69 Å². The summed E-state index contributed by atoms with van der Waals surface area (Å²) in [6, 6.07) is 5.60. The number of carbonyl (C=O) groups excluding carboxylic acids is 3. The molecule has 3 N–H and O–H groups in total. The standard InChI is InChI=1S/C21H29N3O3/c1-3-14-8-9-18-17(12-14)16(20(26)24-18)10-11-22-21(27)19(23-13(2)25)15-6-4-5-7-15/h8-9,12,15-16,19H,3-7,10-11H2,1-2H3,(H,22,27)(H,23,25)(H,24,26). The van der Waals surface area contributed by atoms with E-state index in [0.717, 1.165) is 43.4 Å². The molecule has 2 unspecified atom stereocenters. The van der Waals surface area contributed by atoms with Gasteiger partial charge in [-0.3, -0.25) is 14.4 Å². The first kappa shape index (κ1) is 19.4. The predicted octanol–water partition coefficient (Wildman–Crippen LogP) is 2.49. The molecule has 1 aliphatic carbocycles. The molecule has 1 aromatic rings. The summed E-state index contributed by atoms with van der Waals surface area (Å²) in [5.41, 5.74) is 3.09. The van der Waals surface area contributed by atoms with E-state index < -0.39 is 6.04 Å². The molecule has 3 rings (SSSR count). The van der Waals surface area contributed by atoms with Crippen LogP contribution in [-0.4, -0.2) is 30.3 Å². The number of amides is 3. The normalized spacial score (nSPS) is 20.1. The number of carbonyl (C=O) groups is 3. The average molecular weight is 371 g/mol. The minimum Gasteiger partial charge on any atom is -0.354 e. The molecule has 6 nitrogen and oxygen atoms in total. The van der Waals surface area contributed by atoms with Crippen molar-refractivity contribution >= 4 is 23.4 Å². The first-order chi connectivity index (χ1) is 13.0. The molecular formula is C21H29N3O3. The fourth-order valence-electron chi connectivity index (χ4n) is 4.24. The number of nitrogens with one attached hydrogen (secondary N) is 3. The van der Waals surface area contributed by atoms with Crippen LogP contribution in [0.3, 0.4) is 0 Å². The molecule has 3 amide bonds. The molecule has 2 atom stereocenters. The number of anilines is 1. The molecule has 1 fully saturated rings. The molecule has 1 aliphatic heterocycles. The molecule has 0 bridgehead atoms. The van der Waals surface area contributed by atoms with Crippen LogP contribution >= 0.6 is 0 Å². The van der Waals surface area contributed by atoms with E-state index in [0.29, 0.717) is 13.0 Å². The van der Waals surface area contributed by atoms with Crippen LogP contribution in [0, 0.1) is 5.92 Å². The lowest BCUT2D eigenvalue weighted by molar-refractivity contribution is -0.129. The van der Waals surface area contributed by atoms with Gasteiger partial charge in [-0.2, -0.15) is 0 Å². The molecule has 1 saturated carbocycles. The highest BCUT2D eigenvalue weighted by Gasteiger charge is 2.33. The third-order valence-corrected chi connectivity index (χ3v) is 5.72. The molecule has 0 radical (unpaired) electrons. The quantitative estimate of drug-likeness (QED) is 0.688. The van der Waals surface area contributed by atoms with Crippen molar-refractivity contribution in [2.45, 2.75) is 64.3 Å². The number of rotatable bonds is 7. The van der Waals surface area contributed by atoms with E-state index in [9.17, 15) is 14.4 Å². The van der Waals surface area contributed by atoms with E-state index in [4.69, 9.17) is 0 Å². The third-order valence-electron chi connectivity index (χ3n) is 5.72. The highest BCUT2D eigenvalue weighted by atomic mass is 16.2. The lowest BCUT2D eigenvalue weighted by Crippen LogP contribution is -2.50. The summed E-state index contributed by atoms with van der Waals surface area (Å²) in [6.45, 7) is 3.95. The van der Waals surface area contributed by atoms with Crippen molar-refractivity contribution in [2.75, 3.05) is 11.9 Å². The SMILES string of the molecule is CCc1ccc2c(c1)C(CCNC(=O)C(NC(C)=O)C1CCCC1)C(=O)N2. The highest BCUT2D eigenvalue weighted by Crippen LogP contribution is 2.35. The maximum absolute atomic E-state index is 12.6. The molecule has 146 valence electrons. The Morgan fingerprint density at radius 2 is 2.00 bits per heavy atom. The van der Waals surface area contributed by atoms with Gasteiger partial charge in [0.05, 0.1) is 5.92 Å². The van der Waals surface area contributed by atoms with Gasteiger partial charge in [0, 0.05) is 19.2 Å². The van der Waals surface area contributed by atoms with Gasteiger partial charge in [-0.1, -0.05) is 31.9 Å². The van der Waals surface area contributed by atoms with E-state index in [-0.39, 0.29) is 29.6 Å². The second-order valence-electron chi connectivity index (χ2n) is 7.62. The third kappa shape index (κ3) is 4.49. The number of benzene rings is 1. The molecule has 0 aromatic heterocycles. The van der Waals surface area contributed by atoms with Crippen molar-refractivity contribution in [3.05, 3.63) is 29.3 Å². The Morgan fingerprint density at radius 3 is 2.67 bits per heavy atom. The van der Waals surface area contributed by atoms with Crippen LogP contribution in [0.2, 0.25) is 0 Å². The zero-order chi connectivity index (χ0) is 19.4. The summed E-state index contributed by atoms with van der Waals surface area (Å²) in [7, 11) is 0. The Bertz CT molecular complexity index is 725. The van der Waals surface area contributed by atoms with Crippen LogP contribution in [0.5, 0.6) is 0 Å². The van der Waals surface area contributed by atoms with Crippen molar-refractivity contribution in [1.29, 1.82) is 0 Å². The molecule has 1 heterocycles. The monoisotopic (exact) mass is 371 g/mol. The molecule has 0 spiro atoms. The maximum Gasteiger partial charge on any atom is 0.242 e. The second-order valence-corrected chi connectivity index (χ2v) is 7.62. The average Bonchev–Trinajstić information content (AvgIpc) is 3.27. The lowest BCUT2D eigenvalue weighted by atomic mass is 9.94. The Labute approximate surface area is 160 Å². The fraction of sp³-hybridized carbons (Fsp3) is 0.571. The largest absolute Gasteiger partial charge is 0.354 e. The molecule has 2 aliphatic rings. The van der Waals surface area contributed by atoms with Gasteiger partial charge in [-0.15, -0.1) is 0 Å². The topological polar surface area (TPSA) is 87.3 Å². The smallest absolute Gasteiger partial charge is 0.242 e. The van der Waals surface area contributed by atoms with Gasteiger partial charge in [0.25, 0.3) is 0 Å².